The number of halogens is 2. The van der Waals surface area contributed by atoms with Crippen LogP contribution in [0.1, 0.15) is 21.8 Å². The normalized spacial score (nSPS) is 16.8. The van der Waals surface area contributed by atoms with Crippen LogP contribution in [0.2, 0.25) is 0 Å². The summed E-state index contributed by atoms with van der Waals surface area (Å²) in [6.07, 6.45) is 0. The Morgan fingerprint density at radius 1 is 1.16 bits per heavy atom. The lowest BCUT2D eigenvalue weighted by Gasteiger charge is -2.08. The maximum Gasteiger partial charge on any atom is 0.176 e. The fraction of sp³-hybridized carbons (Fsp3) is 0.133. The first-order chi connectivity index (χ1) is 9.16. The Bertz CT molecular complexity index is 652. The van der Waals surface area contributed by atoms with E-state index >= 15 is 0 Å². The van der Waals surface area contributed by atoms with E-state index in [4.69, 9.17) is 4.74 Å². The Kier molecular flexibility index (Phi) is 2.78. The maximum atomic E-state index is 13.6. The average molecular weight is 260 g/mol. The molecule has 3 rings (SSSR count). The van der Waals surface area contributed by atoms with Crippen molar-refractivity contribution in [2.24, 2.45) is 0 Å². The summed E-state index contributed by atoms with van der Waals surface area (Å²) >= 11 is 0. The van der Waals surface area contributed by atoms with Crippen LogP contribution < -0.4 is 4.74 Å². The Labute approximate surface area is 108 Å². The van der Waals surface area contributed by atoms with Crippen LogP contribution in [-0.2, 0) is 0 Å². The molecule has 2 aromatic rings. The molecule has 0 aliphatic carbocycles. The molecule has 1 aliphatic heterocycles. The molecule has 0 fully saturated rings. The van der Waals surface area contributed by atoms with Gasteiger partial charge in [-0.1, -0.05) is 18.2 Å². The molecule has 0 aromatic heterocycles. The number of ether oxygens (including phenoxy) is 1. The standard InChI is InChI=1S/C15H10F2O2/c16-9-5-6-11(13(17)7-9)15(18)12-8-19-14-4-2-1-3-10(12)14/h1-7,12H,8H2. The zero-order valence-electron chi connectivity index (χ0n) is 9.90. The smallest absolute Gasteiger partial charge is 0.176 e. The molecule has 2 aromatic carbocycles. The minimum Gasteiger partial charge on any atom is -0.492 e. The molecule has 1 unspecified atom stereocenters. The summed E-state index contributed by atoms with van der Waals surface area (Å²) in [7, 11) is 0. The van der Waals surface area contributed by atoms with Gasteiger partial charge in [0.2, 0.25) is 0 Å². The maximum absolute atomic E-state index is 13.6. The Balaban J connectivity index is 1.98. The first-order valence-corrected chi connectivity index (χ1v) is 5.88. The topological polar surface area (TPSA) is 26.3 Å². The van der Waals surface area contributed by atoms with Gasteiger partial charge in [-0.3, -0.25) is 4.79 Å². The largest absolute Gasteiger partial charge is 0.492 e. The minimum absolute atomic E-state index is 0.105. The van der Waals surface area contributed by atoms with Crippen LogP contribution >= 0.6 is 0 Å². The summed E-state index contributed by atoms with van der Waals surface area (Å²) < 4.78 is 31.9. The van der Waals surface area contributed by atoms with Crippen molar-refractivity contribution in [3.8, 4) is 5.75 Å². The molecule has 1 aliphatic rings. The molecular formula is C15H10F2O2. The SMILES string of the molecule is O=C(c1ccc(F)cc1F)C1COc2ccccc21. The van der Waals surface area contributed by atoms with Gasteiger partial charge in [0.25, 0.3) is 0 Å². The number of Topliss-reactive ketones (excluding diaryl/α,β-unsaturated/α-hetero) is 1. The summed E-state index contributed by atoms with van der Waals surface area (Å²) in [5.74, 6) is -1.81. The molecule has 96 valence electrons. The third-order valence-electron chi connectivity index (χ3n) is 3.21. The predicted octanol–water partition coefficient (Wildman–Crippen LogP) is 3.32. The lowest BCUT2D eigenvalue weighted by molar-refractivity contribution is 0.0943. The molecule has 0 saturated heterocycles. The van der Waals surface area contributed by atoms with E-state index in [1.807, 2.05) is 6.07 Å². The van der Waals surface area contributed by atoms with E-state index < -0.39 is 17.6 Å². The highest BCUT2D eigenvalue weighted by Gasteiger charge is 2.31. The van der Waals surface area contributed by atoms with E-state index in [0.29, 0.717) is 5.75 Å². The second-order valence-electron chi connectivity index (χ2n) is 4.39. The predicted molar refractivity (Wildman–Crippen MR) is 65.4 cm³/mol. The molecular weight excluding hydrogens is 250 g/mol. The second-order valence-corrected chi connectivity index (χ2v) is 4.39. The third kappa shape index (κ3) is 1.99. The molecule has 0 spiro atoms. The molecule has 1 atom stereocenters. The second kappa shape index (κ2) is 4.46. The Morgan fingerprint density at radius 3 is 2.74 bits per heavy atom. The molecule has 0 bridgehead atoms. The number of hydrogen-bond acceptors (Lipinski definition) is 2. The van der Waals surface area contributed by atoms with Crippen LogP contribution in [0.4, 0.5) is 8.78 Å². The van der Waals surface area contributed by atoms with Crippen molar-refractivity contribution in [1.29, 1.82) is 0 Å². The monoisotopic (exact) mass is 260 g/mol. The number of carbonyl (C=O) groups excluding carboxylic acids is 1. The Morgan fingerprint density at radius 2 is 1.95 bits per heavy atom. The Hall–Kier alpha value is -2.23. The van der Waals surface area contributed by atoms with Gasteiger partial charge in [-0.2, -0.15) is 0 Å². The number of rotatable bonds is 2. The van der Waals surface area contributed by atoms with Gasteiger partial charge in [0.15, 0.2) is 5.78 Å². The van der Waals surface area contributed by atoms with Crippen LogP contribution in [0.5, 0.6) is 5.75 Å². The van der Waals surface area contributed by atoms with Gasteiger partial charge in [0, 0.05) is 11.6 Å². The number of hydrogen-bond donors (Lipinski definition) is 0. The molecule has 4 heteroatoms. The number of para-hydroxylation sites is 1. The highest BCUT2D eigenvalue weighted by molar-refractivity contribution is 6.02. The summed E-state index contributed by atoms with van der Waals surface area (Å²) in [6.45, 7) is 0.189. The molecule has 0 N–H and O–H groups in total. The van der Waals surface area contributed by atoms with Crippen LogP contribution in [-0.4, -0.2) is 12.4 Å². The number of ketones is 1. The van der Waals surface area contributed by atoms with Gasteiger partial charge in [-0.15, -0.1) is 0 Å². The van der Waals surface area contributed by atoms with Crippen molar-refractivity contribution in [3.05, 3.63) is 65.2 Å². The van der Waals surface area contributed by atoms with Crippen LogP contribution in [0, 0.1) is 11.6 Å². The van der Waals surface area contributed by atoms with Gasteiger partial charge in [0.05, 0.1) is 11.5 Å². The first kappa shape index (κ1) is 11.8. The van der Waals surface area contributed by atoms with E-state index in [-0.39, 0.29) is 18.0 Å². The lowest BCUT2D eigenvalue weighted by atomic mass is 9.92. The summed E-state index contributed by atoms with van der Waals surface area (Å²) in [5, 5.41) is 0. The molecule has 0 radical (unpaired) electrons. The molecule has 0 saturated carbocycles. The van der Waals surface area contributed by atoms with Crippen LogP contribution in [0.25, 0.3) is 0 Å². The van der Waals surface area contributed by atoms with Crippen molar-refractivity contribution in [3.63, 3.8) is 0 Å². The molecule has 1 heterocycles. The minimum atomic E-state index is -0.839. The van der Waals surface area contributed by atoms with Crippen molar-refractivity contribution in [1.82, 2.24) is 0 Å². The van der Waals surface area contributed by atoms with E-state index in [0.717, 1.165) is 17.7 Å². The van der Waals surface area contributed by atoms with Crippen molar-refractivity contribution >= 4 is 5.78 Å². The van der Waals surface area contributed by atoms with Crippen LogP contribution in [0.3, 0.4) is 0 Å². The fourth-order valence-electron chi connectivity index (χ4n) is 2.26. The highest BCUT2D eigenvalue weighted by atomic mass is 19.1. The highest BCUT2D eigenvalue weighted by Crippen LogP contribution is 2.35. The lowest BCUT2D eigenvalue weighted by Crippen LogP contribution is -2.15. The van der Waals surface area contributed by atoms with Crippen molar-refractivity contribution < 1.29 is 18.3 Å². The molecule has 2 nitrogen and oxygen atoms in total. The van der Waals surface area contributed by atoms with E-state index in [9.17, 15) is 13.6 Å². The molecule has 0 amide bonds. The van der Waals surface area contributed by atoms with Crippen molar-refractivity contribution in [2.75, 3.05) is 6.61 Å². The third-order valence-corrected chi connectivity index (χ3v) is 3.21. The van der Waals surface area contributed by atoms with E-state index in [2.05, 4.69) is 0 Å². The number of carbonyl (C=O) groups is 1. The zero-order valence-corrected chi connectivity index (χ0v) is 9.90. The first-order valence-electron chi connectivity index (χ1n) is 5.88. The molecule has 19 heavy (non-hydrogen) atoms. The van der Waals surface area contributed by atoms with Crippen molar-refractivity contribution in [2.45, 2.75) is 5.92 Å². The van der Waals surface area contributed by atoms with E-state index in [1.165, 1.54) is 6.07 Å². The summed E-state index contributed by atoms with van der Waals surface area (Å²) in [5.41, 5.74) is 0.642. The van der Waals surface area contributed by atoms with Gasteiger partial charge >= 0.3 is 0 Å². The van der Waals surface area contributed by atoms with E-state index in [1.54, 1.807) is 18.2 Å². The number of fused-ring (bicyclic) bond motifs is 1. The summed E-state index contributed by atoms with van der Waals surface area (Å²) in [4.78, 5) is 12.3. The van der Waals surface area contributed by atoms with Gasteiger partial charge in [0.1, 0.15) is 24.0 Å². The van der Waals surface area contributed by atoms with Gasteiger partial charge in [-0.25, -0.2) is 8.78 Å². The average Bonchev–Trinajstić information content (AvgIpc) is 2.82. The quantitative estimate of drug-likeness (QED) is 0.774. The van der Waals surface area contributed by atoms with Gasteiger partial charge < -0.3 is 4.74 Å². The fourth-order valence-corrected chi connectivity index (χ4v) is 2.26. The summed E-state index contributed by atoms with van der Waals surface area (Å²) in [6, 6.07) is 10.1. The number of benzene rings is 2. The zero-order chi connectivity index (χ0) is 13.4. The van der Waals surface area contributed by atoms with Gasteiger partial charge in [-0.05, 0) is 18.2 Å². The van der Waals surface area contributed by atoms with Crippen LogP contribution in [0.15, 0.2) is 42.5 Å².